The molecule has 148 valence electrons. The fraction of sp³-hybridized carbons (Fsp3) is 0.154. The second-order valence-electron chi connectivity index (χ2n) is 7.43. The molecule has 1 aromatic heterocycles. The molecule has 1 aliphatic rings. The minimum Gasteiger partial charge on any atom is -0.335 e. The van der Waals surface area contributed by atoms with Crippen LogP contribution in [0.1, 0.15) is 13.3 Å². The molecule has 3 aromatic carbocycles. The maximum Gasteiger partial charge on any atom is 0.161 e. The van der Waals surface area contributed by atoms with Crippen LogP contribution in [0.2, 0.25) is 0 Å². The summed E-state index contributed by atoms with van der Waals surface area (Å²) in [6.07, 6.45) is 1.15. The molecule has 0 bridgehead atoms. The maximum atomic E-state index is 4.94. The molecule has 0 saturated carbocycles. The molecule has 1 atom stereocenters. The first-order valence-corrected chi connectivity index (χ1v) is 11.2. The van der Waals surface area contributed by atoms with Crippen LogP contribution >= 0.6 is 11.8 Å². The lowest BCUT2D eigenvalue weighted by Crippen LogP contribution is -2.06. The lowest BCUT2D eigenvalue weighted by molar-refractivity contribution is 0.843. The normalized spacial score (nSPS) is 15.9. The molecule has 0 spiro atoms. The molecule has 2 heterocycles. The Morgan fingerprint density at radius 2 is 1.67 bits per heavy atom. The number of aromatic nitrogens is 1. The molecule has 4 heteroatoms. The number of fused-ring (bicyclic) bond motifs is 1. The van der Waals surface area contributed by atoms with Gasteiger partial charge in [-0.05, 0) is 41.8 Å². The van der Waals surface area contributed by atoms with Gasteiger partial charge in [0.25, 0.3) is 0 Å². The number of benzene rings is 3. The second kappa shape index (κ2) is 8.33. The van der Waals surface area contributed by atoms with E-state index in [9.17, 15) is 0 Å². The van der Waals surface area contributed by atoms with Crippen molar-refractivity contribution in [2.24, 2.45) is 4.99 Å². The van der Waals surface area contributed by atoms with Crippen molar-refractivity contribution >= 4 is 33.5 Å². The summed E-state index contributed by atoms with van der Waals surface area (Å²) in [5, 5.41) is 6.24. The average Bonchev–Trinajstić information content (AvgIpc) is 3.27. The van der Waals surface area contributed by atoms with Crippen molar-refractivity contribution in [3.05, 3.63) is 84.9 Å². The second-order valence-corrected chi connectivity index (χ2v) is 8.72. The number of hydrogen-bond donors (Lipinski definition) is 1. The summed E-state index contributed by atoms with van der Waals surface area (Å²) >= 11 is 1.83. The van der Waals surface area contributed by atoms with Gasteiger partial charge in [0.05, 0.1) is 17.8 Å². The number of para-hydroxylation sites is 1. The molecule has 0 aliphatic carbocycles. The molecule has 3 nitrogen and oxygen atoms in total. The molecule has 0 amide bonds. The average molecular weight is 410 g/mol. The Hall–Kier alpha value is -3.11. The van der Waals surface area contributed by atoms with E-state index in [1.807, 2.05) is 17.8 Å². The van der Waals surface area contributed by atoms with E-state index >= 15 is 0 Å². The van der Waals surface area contributed by atoms with Crippen molar-refractivity contribution in [3.63, 3.8) is 0 Å². The summed E-state index contributed by atoms with van der Waals surface area (Å²) in [6, 6.07) is 29.5. The van der Waals surface area contributed by atoms with Crippen LogP contribution in [0.3, 0.4) is 0 Å². The van der Waals surface area contributed by atoms with Crippen molar-refractivity contribution in [1.82, 2.24) is 4.98 Å². The fourth-order valence-corrected chi connectivity index (χ4v) is 4.68. The van der Waals surface area contributed by atoms with E-state index in [1.165, 1.54) is 16.5 Å². The number of anilines is 1. The smallest absolute Gasteiger partial charge is 0.161 e. The van der Waals surface area contributed by atoms with Gasteiger partial charge in [-0.1, -0.05) is 79.3 Å². The van der Waals surface area contributed by atoms with Crippen LogP contribution in [0, 0.1) is 0 Å². The van der Waals surface area contributed by atoms with E-state index in [2.05, 4.69) is 96.1 Å². The number of nitrogens with one attached hydrogen (secondary N) is 1. The molecule has 0 fully saturated rings. The van der Waals surface area contributed by atoms with Crippen molar-refractivity contribution in [3.8, 4) is 22.4 Å². The third-order valence-electron chi connectivity index (χ3n) is 5.41. The van der Waals surface area contributed by atoms with Gasteiger partial charge in [-0.2, -0.15) is 0 Å². The summed E-state index contributed by atoms with van der Waals surface area (Å²) in [7, 11) is 0. The molecular formula is C26H23N3S. The van der Waals surface area contributed by atoms with Gasteiger partial charge in [0, 0.05) is 21.9 Å². The quantitative estimate of drug-likeness (QED) is 0.400. The van der Waals surface area contributed by atoms with E-state index < -0.39 is 0 Å². The van der Waals surface area contributed by atoms with Gasteiger partial charge in [0.1, 0.15) is 0 Å². The maximum absolute atomic E-state index is 4.94. The molecule has 0 saturated heterocycles. The van der Waals surface area contributed by atoms with Gasteiger partial charge < -0.3 is 5.32 Å². The van der Waals surface area contributed by atoms with Crippen LogP contribution in [0.4, 0.5) is 5.69 Å². The van der Waals surface area contributed by atoms with Crippen molar-refractivity contribution in [2.45, 2.75) is 18.6 Å². The van der Waals surface area contributed by atoms with Crippen LogP contribution in [-0.4, -0.2) is 21.9 Å². The zero-order valence-corrected chi connectivity index (χ0v) is 17.7. The van der Waals surface area contributed by atoms with Crippen LogP contribution in [0.25, 0.3) is 33.3 Å². The van der Waals surface area contributed by atoms with Crippen molar-refractivity contribution in [1.29, 1.82) is 0 Å². The number of rotatable bonds is 4. The Labute approximate surface area is 181 Å². The zero-order chi connectivity index (χ0) is 20.3. The molecule has 5 rings (SSSR count). The SMILES string of the molecule is CCC1CN=C(Nc2ccc(-c3cc(-c4ccccc4)c4ccccc4n3)cc2)S1. The number of hydrogen-bond acceptors (Lipinski definition) is 4. The number of thioether (sulfide) groups is 1. The summed E-state index contributed by atoms with van der Waals surface area (Å²) in [4.78, 5) is 9.54. The van der Waals surface area contributed by atoms with Gasteiger partial charge in [-0.25, -0.2) is 4.98 Å². The Morgan fingerprint density at radius 3 is 2.43 bits per heavy atom. The number of pyridine rings is 1. The van der Waals surface area contributed by atoms with Crippen molar-refractivity contribution < 1.29 is 0 Å². The highest BCUT2D eigenvalue weighted by molar-refractivity contribution is 8.15. The third kappa shape index (κ3) is 3.83. The first-order valence-electron chi connectivity index (χ1n) is 10.3. The Balaban J connectivity index is 1.48. The van der Waals surface area contributed by atoms with E-state index in [4.69, 9.17) is 4.98 Å². The van der Waals surface area contributed by atoms with Gasteiger partial charge >= 0.3 is 0 Å². The predicted molar refractivity (Wildman–Crippen MR) is 130 cm³/mol. The highest BCUT2D eigenvalue weighted by Crippen LogP contribution is 2.32. The van der Waals surface area contributed by atoms with E-state index in [0.717, 1.165) is 40.6 Å². The summed E-state index contributed by atoms with van der Waals surface area (Å²) < 4.78 is 0. The molecule has 0 radical (unpaired) electrons. The summed E-state index contributed by atoms with van der Waals surface area (Å²) in [6.45, 7) is 3.12. The first kappa shape index (κ1) is 18.9. The zero-order valence-electron chi connectivity index (χ0n) is 16.9. The summed E-state index contributed by atoms with van der Waals surface area (Å²) in [5.41, 5.74) is 6.58. The van der Waals surface area contributed by atoms with Crippen LogP contribution in [0.5, 0.6) is 0 Å². The first-order chi connectivity index (χ1) is 14.8. The van der Waals surface area contributed by atoms with Gasteiger partial charge in [0.2, 0.25) is 0 Å². The highest BCUT2D eigenvalue weighted by Gasteiger charge is 2.17. The topological polar surface area (TPSA) is 37.3 Å². The highest BCUT2D eigenvalue weighted by atomic mass is 32.2. The number of aliphatic imine (C=N–C) groups is 1. The van der Waals surface area contributed by atoms with E-state index in [0.29, 0.717) is 5.25 Å². The molecule has 4 aromatic rings. The lowest BCUT2D eigenvalue weighted by atomic mass is 9.98. The minimum atomic E-state index is 0.602. The number of amidine groups is 1. The predicted octanol–water partition coefficient (Wildman–Crippen LogP) is 6.86. The van der Waals surface area contributed by atoms with Crippen LogP contribution in [-0.2, 0) is 0 Å². The van der Waals surface area contributed by atoms with Crippen LogP contribution < -0.4 is 5.32 Å². The fourth-order valence-electron chi connectivity index (χ4n) is 3.73. The monoisotopic (exact) mass is 409 g/mol. The van der Waals surface area contributed by atoms with Crippen LogP contribution in [0.15, 0.2) is 89.9 Å². The van der Waals surface area contributed by atoms with Crippen molar-refractivity contribution in [2.75, 3.05) is 11.9 Å². The number of nitrogens with zero attached hydrogens (tertiary/aromatic N) is 2. The standard InChI is InChI=1S/C26H23N3S/c1-2-21-17-27-26(30-21)28-20-14-12-19(13-15-20)25-16-23(18-8-4-3-5-9-18)22-10-6-7-11-24(22)29-25/h3-16,21H,2,17H2,1H3,(H,27,28). The Morgan fingerprint density at radius 1 is 0.900 bits per heavy atom. The molecule has 1 aliphatic heterocycles. The molecule has 1 unspecified atom stereocenters. The van der Waals surface area contributed by atoms with E-state index in [-0.39, 0.29) is 0 Å². The van der Waals surface area contributed by atoms with E-state index in [1.54, 1.807) is 0 Å². The van der Waals surface area contributed by atoms with Gasteiger partial charge in [-0.3, -0.25) is 4.99 Å². The minimum absolute atomic E-state index is 0.602. The Bertz CT molecular complexity index is 1200. The molecular weight excluding hydrogens is 386 g/mol. The van der Waals surface area contributed by atoms with Gasteiger partial charge in [-0.15, -0.1) is 0 Å². The summed E-state index contributed by atoms with van der Waals surface area (Å²) in [5.74, 6) is 0. The largest absolute Gasteiger partial charge is 0.335 e. The third-order valence-corrected chi connectivity index (χ3v) is 6.68. The van der Waals surface area contributed by atoms with Gasteiger partial charge in [0.15, 0.2) is 5.17 Å². The molecule has 1 N–H and O–H groups in total. The molecule has 30 heavy (non-hydrogen) atoms. The Kier molecular flexibility index (Phi) is 5.24. The lowest BCUT2D eigenvalue weighted by Gasteiger charge is -2.11.